The topological polar surface area (TPSA) is 93.1 Å². The molecule has 0 saturated heterocycles. The van der Waals surface area contributed by atoms with E-state index >= 15 is 0 Å². The lowest BCUT2D eigenvalue weighted by molar-refractivity contribution is -0.117. The van der Waals surface area contributed by atoms with Crippen molar-refractivity contribution in [1.82, 2.24) is 14.9 Å². The van der Waals surface area contributed by atoms with Crippen molar-refractivity contribution in [2.75, 3.05) is 11.1 Å². The van der Waals surface area contributed by atoms with Gasteiger partial charge in [0.2, 0.25) is 5.91 Å². The predicted octanol–water partition coefficient (Wildman–Crippen LogP) is 4.50. The number of thioether (sulfide) groups is 1. The van der Waals surface area contributed by atoms with E-state index in [1.165, 1.54) is 0 Å². The van der Waals surface area contributed by atoms with Crippen LogP contribution in [0, 0.1) is 13.8 Å². The number of rotatable bonds is 6. The average molecular weight is 473 g/mol. The molecule has 0 aliphatic carbocycles. The van der Waals surface area contributed by atoms with Crippen LogP contribution in [0.25, 0.3) is 10.9 Å². The number of hydrogen-bond acceptors (Lipinski definition) is 5. The second-order valence-electron chi connectivity index (χ2n) is 7.90. The third-order valence-electron chi connectivity index (χ3n) is 5.23. The Hall–Kier alpha value is -3.91. The summed E-state index contributed by atoms with van der Waals surface area (Å²) in [6.07, 6.45) is 0. The van der Waals surface area contributed by atoms with E-state index in [0.717, 1.165) is 28.5 Å². The zero-order valence-electron chi connectivity index (χ0n) is 18.9. The van der Waals surface area contributed by atoms with Gasteiger partial charge in [-0.2, -0.15) is 0 Å². The van der Waals surface area contributed by atoms with Crippen LogP contribution in [0.5, 0.6) is 0 Å². The maximum absolute atomic E-state index is 13.2. The zero-order chi connectivity index (χ0) is 24.1. The predicted molar refractivity (Wildman–Crippen MR) is 135 cm³/mol. The molecule has 0 spiro atoms. The van der Waals surface area contributed by atoms with E-state index in [2.05, 4.69) is 15.6 Å². The summed E-state index contributed by atoms with van der Waals surface area (Å²) < 4.78 is 1.56. The van der Waals surface area contributed by atoms with Crippen molar-refractivity contribution < 1.29 is 9.59 Å². The number of aromatic nitrogens is 2. The largest absolute Gasteiger partial charge is 0.325 e. The monoisotopic (exact) mass is 472 g/mol. The molecule has 0 fully saturated rings. The molecule has 3 amide bonds. The number of para-hydroxylation sites is 1. The molecular weight excluding hydrogens is 448 g/mol. The molecule has 7 nitrogen and oxygen atoms in total. The number of nitrogens with zero attached hydrogens (tertiary/aromatic N) is 2. The molecule has 0 atom stereocenters. The lowest BCUT2D eigenvalue weighted by atomic mass is 10.1. The van der Waals surface area contributed by atoms with E-state index in [1.807, 2.05) is 62.4 Å². The minimum Gasteiger partial charge on any atom is -0.307 e. The van der Waals surface area contributed by atoms with E-state index in [-0.39, 0.29) is 11.3 Å². The standard InChI is InChI=1S/C26H24N4O3S/c1-17-12-13-21(18(2)14-17)27-25(33)29-23(31)16-34-26-28-22-11-7-6-10-20(22)24(32)30(26)15-19-8-4-3-5-9-19/h3-14H,15-16H2,1-2H3,(H2,27,29,31,33). The van der Waals surface area contributed by atoms with E-state index in [4.69, 9.17) is 0 Å². The van der Waals surface area contributed by atoms with Gasteiger partial charge in [0.15, 0.2) is 5.16 Å². The highest BCUT2D eigenvalue weighted by atomic mass is 32.2. The van der Waals surface area contributed by atoms with Crippen LogP contribution in [0.3, 0.4) is 0 Å². The van der Waals surface area contributed by atoms with Gasteiger partial charge in [-0.05, 0) is 43.2 Å². The van der Waals surface area contributed by atoms with Crippen LogP contribution in [0.1, 0.15) is 16.7 Å². The maximum Gasteiger partial charge on any atom is 0.325 e. The van der Waals surface area contributed by atoms with Gasteiger partial charge in [-0.3, -0.25) is 19.5 Å². The van der Waals surface area contributed by atoms with Crippen LogP contribution < -0.4 is 16.2 Å². The molecule has 0 aliphatic heterocycles. The zero-order valence-corrected chi connectivity index (χ0v) is 19.7. The molecule has 4 aromatic rings. The van der Waals surface area contributed by atoms with Gasteiger partial charge < -0.3 is 5.32 Å². The minimum atomic E-state index is -0.606. The van der Waals surface area contributed by atoms with E-state index < -0.39 is 11.9 Å². The van der Waals surface area contributed by atoms with Crippen molar-refractivity contribution in [1.29, 1.82) is 0 Å². The third kappa shape index (κ3) is 5.52. The summed E-state index contributed by atoms with van der Waals surface area (Å²) in [7, 11) is 0. The SMILES string of the molecule is Cc1ccc(NC(=O)NC(=O)CSc2nc3ccccc3c(=O)n2Cc2ccccc2)c(C)c1. The van der Waals surface area contributed by atoms with Crippen LogP contribution >= 0.6 is 11.8 Å². The fourth-order valence-corrected chi connectivity index (χ4v) is 4.36. The molecule has 4 rings (SSSR count). The highest BCUT2D eigenvalue weighted by molar-refractivity contribution is 7.99. The lowest BCUT2D eigenvalue weighted by Gasteiger charge is -2.13. The first kappa shape index (κ1) is 23.3. The van der Waals surface area contributed by atoms with Gasteiger partial charge in [0.05, 0.1) is 23.2 Å². The number of imide groups is 1. The van der Waals surface area contributed by atoms with Crippen molar-refractivity contribution in [2.45, 2.75) is 25.5 Å². The molecule has 1 aromatic heterocycles. The summed E-state index contributed by atoms with van der Waals surface area (Å²) in [5.41, 5.74) is 3.96. The number of urea groups is 1. The summed E-state index contributed by atoms with van der Waals surface area (Å²) in [4.78, 5) is 42.5. The molecule has 2 N–H and O–H groups in total. The number of hydrogen-bond donors (Lipinski definition) is 2. The first-order valence-electron chi connectivity index (χ1n) is 10.7. The number of fused-ring (bicyclic) bond motifs is 1. The van der Waals surface area contributed by atoms with Gasteiger partial charge >= 0.3 is 6.03 Å². The van der Waals surface area contributed by atoms with Crippen molar-refractivity contribution in [3.63, 3.8) is 0 Å². The van der Waals surface area contributed by atoms with Gasteiger partial charge in [-0.25, -0.2) is 9.78 Å². The Balaban J connectivity index is 1.49. The van der Waals surface area contributed by atoms with Crippen LogP contribution in [-0.4, -0.2) is 27.2 Å². The minimum absolute atomic E-state index is 0.0696. The Labute approximate surface area is 201 Å². The van der Waals surface area contributed by atoms with Gasteiger partial charge in [-0.15, -0.1) is 0 Å². The molecule has 34 heavy (non-hydrogen) atoms. The summed E-state index contributed by atoms with van der Waals surface area (Å²) in [5.74, 6) is -0.555. The Morgan fingerprint density at radius 1 is 0.971 bits per heavy atom. The summed E-state index contributed by atoms with van der Waals surface area (Å²) in [6, 6.07) is 21.7. The number of benzene rings is 3. The maximum atomic E-state index is 13.2. The van der Waals surface area contributed by atoms with Gasteiger partial charge in [-0.1, -0.05) is 71.9 Å². The normalized spacial score (nSPS) is 10.8. The Morgan fingerprint density at radius 3 is 2.47 bits per heavy atom. The molecular formula is C26H24N4O3S. The quantitative estimate of drug-likeness (QED) is 0.318. The number of carbonyl (C=O) groups excluding carboxylic acids is 2. The third-order valence-corrected chi connectivity index (χ3v) is 6.20. The first-order valence-corrected chi connectivity index (χ1v) is 11.7. The van der Waals surface area contributed by atoms with Crippen molar-refractivity contribution >= 4 is 40.3 Å². The highest BCUT2D eigenvalue weighted by Crippen LogP contribution is 2.19. The molecule has 172 valence electrons. The number of nitrogens with one attached hydrogen (secondary N) is 2. The average Bonchev–Trinajstić information content (AvgIpc) is 2.82. The summed E-state index contributed by atoms with van der Waals surface area (Å²) in [5, 5.41) is 5.96. The molecule has 8 heteroatoms. The fraction of sp³-hybridized carbons (Fsp3) is 0.154. The number of anilines is 1. The molecule has 0 radical (unpaired) electrons. The smallest absolute Gasteiger partial charge is 0.307 e. The number of carbonyl (C=O) groups is 2. The second kappa shape index (κ2) is 10.4. The van der Waals surface area contributed by atoms with Crippen LogP contribution in [-0.2, 0) is 11.3 Å². The van der Waals surface area contributed by atoms with Crippen LogP contribution in [0.15, 0.2) is 82.7 Å². The lowest BCUT2D eigenvalue weighted by Crippen LogP contribution is -2.36. The Bertz CT molecular complexity index is 1420. The van der Waals surface area contributed by atoms with Gasteiger partial charge in [0.25, 0.3) is 5.56 Å². The summed E-state index contributed by atoms with van der Waals surface area (Å²) >= 11 is 1.12. The van der Waals surface area contributed by atoms with E-state index in [9.17, 15) is 14.4 Å². The van der Waals surface area contributed by atoms with Gasteiger partial charge in [0.1, 0.15) is 0 Å². The Kier molecular flexibility index (Phi) is 7.08. The van der Waals surface area contributed by atoms with E-state index in [0.29, 0.717) is 28.3 Å². The molecule has 0 unspecified atom stereocenters. The van der Waals surface area contributed by atoms with Crippen LogP contribution in [0.2, 0.25) is 0 Å². The molecule has 0 bridgehead atoms. The van der Waals surface area contributed by atoms with Crippen molar-refractivity contribution in [3.8, 4) is 0 Å². The fourth-order valence-electron chi connectivity index (χ4n) is 3.56. The number of amides is 3. The van der Waals surface area contributed by atoms with Crippen molar-refractivity contribution in [2.24, 2.45) is 0 Å². The van der Waals surface area contributed by atoms with E-state index in [1.54, 1.807) is 28.8 Å². The van der Waals surface area contributed by atoms with Crippen LogP contribution in [0.4, 0.5) is 10.5 Å². The molecule has 1 heterocycles. The van der Waals surface area contributed by atoms with Crippen molar-refractivity contribution in [3.05, 3.63) is 99.8 Å². The molecule has 0 saturated carbocycles. The summed E-state index contributed by atoms with van der Waals surface area (Å²) in [6.45, 7) is 4.18. The Morgan fingerprint density at radius 2 is 1.71 bits per heavy atom. The molecule has 3 aromatic carbocycles. The second-order valence-corrected chi connectivity index (χ2v) is 8.84. The number of aryl methyl sites for hydroxylation is 2. The highest BCUT2D eigenvalue weighted by Gasteiger charge is 2.15. The first-order chi connectivity index (χ1) is 16.4. The van der Waals surface area contributed by atoms with Gasteiger partial charge in [0, 0.05) is 5.69 Å². The molecule has 0 aliphatic rings.